The molecule has 100 valence electrons. The normalized spacial score (nSPS) is 41.2. The van der Waals surface area contributed by atoms with Crippen LogP contribution in [0.1, 0.15) is 62.1 Å². The number of hydrogen-bond acceptors (Lipinski definition) is 3. The molecule has 0 aliphatic heterocycles. The molecule has 19 heavy (non-hydrogen) atoms. The molecular weight excluding hydrogens is 252 g/mol. The molecule has 0 radical (unpaired) electrons. The van der Waals surface area contributed by atoms with Crippen molar-refractivity contribution >= 4 is 11.3 Å². The zero-order valence-electron chi connectivity index (χ0n) is 11.4. The Hall–Kier alpha value is -0.880. The van der Waals surface area contributed by atoms with E-state index in [2.05, 4.69) is 11.4 Å². The number of rotatable bonds is 2. The number of aromatic nitrogens is 1. The summed E-state index contributed by atoms with van der Waals surface area (Å²) in [6, 6.07) is 2.32. The Labute approximate surface area is 118 Å². The van der Waals surface area contributed by atoms with E-state index in [9.17, 15) is 0 Å². The van der Waals surface area contributed by atoms with E-state index in [-0.39, 0.29) is 5.92 Å². The molecule has 0 N–H and O–H groups in total. The first-order valence-corrected chi connectivity index (χ1v) is 8.42. The van der Waals surface area contributed by atoms with Crippen molar-refractivity contribution in [3.05, 3.63) is 16.1 Å². The Morgan fingerprint density at radius 2 is 1.84 bits per heavy atom. The van der Waals surface area contributed by atoms with E-state index in [1.807, 2.05) is 6.92 Å². The van der Waals surface area contributed by atoms with Crippen molar-refractivity contribution in [2.45, 2.75) is 56.8 Å². The van der Waals surface area contributed by atoms with Gasteiger partial charge in [0.25, 0.3) is 0 Å². The Bertz CT molecular complexity index is 504. The zero-order valence-corrected chi connectivity index (χ0v) is 12.2. The molecule has 1 unspecified atom stereocenters. The molecule has 4 fully saturated rings. The average molecular weight is 272 g/mol. The van der Waals surface area contributed by atoms with Crippen LogP contribution in [0.4, 0.5) is 0 Å². The first kappa shape index (κ1) is 11.9. The summed E-state index contributed by atoms with van der Waals surface area (Å²) in [5.41, 5.74) is 1.72. The molecule has 4 aliphatic carbocycles. The molecule has 0 aromatic carbocycles. The lowest BCUT2D eigenvalue weighted by atomic mass is 9.49. The van der Waals surface area contributed by atoms with Gasteiger partial charge in [0, 0.05) is 10.8 Å². The smallest absolute Gasteiger partial charge is 0.110 e. The predicted molar refractivity (Wildman–Crippen MR) is 76.0 cm³/mol. The molecule has 1 aromatic rings. The average Bonchev–Trinajstić information content (AvgIpc) is 2.86. The maximum absolute atomic E-state index is 9.05. The molecular formula is C16H20N2S. The van der Waals surface area contributed by atoms with Crippen molar-refractivity contribution in [1.82, 2.24) is 4.98 Å². The lowest BCUT2D eigenvalue weighted by Gasteiger charge is -2.56. The maximum atomic E-state index is 9.05. The molecule has 4 aliphatic rings. The van der Waals surface area contributed by atoms with E-state index >= 15 is 0 Å². The van der Waals surface area contributed by atoms with Gasteiger partial charge >= 0.3 is 0 Å². The van der Waals surface area contributed by atoms with Crippen LogP contribution in [0, 0.1) is 29.1 Å². The topological polar surface area (TPSA) is 36.7 Å². The van der Waals surface area contributed by atoms with Crippen LogP contribution in [-0.2, 0) is 5.41 Å². The van der Waals surface area contributed by atoms with E-state index in [0.717, 1.165) is 22.8 Å². The van der Waals surface area contributed by atoms with Crippen molar-refractivity contribution in [2.75, 3.05) is 0 Å². The van der Waals surface area contributed by atoms with E-state index in [4.69, 9.17) is 10.2 Å². The van der Waals surface area contributed by atoms with E-state index < -0.39 is 0 Å². The SMILES string of the molecule is CC(C#N)c1nc(C23CC4CC(CC(C4)C2)C3)cs1. The monoisotopic (exact) mass is 272 g/mol. The third-order valence-corrected chi connectivity index (χ3v) is 6.70. The lowest BCUT2D eigenvalue weighted by molar-refractivity contribution is -0.00698. The molecule has 5 rings (SSSR count). The minimum Gasteiger partial charge on any atom is -0.244 e. The van der Waals surface area contributed by atoms with Gasteiger partial charge in [-0.1, -0.05) is 0 Å². The van der Waals surface area contributed by atoms with Gasteiger partial charge in [-0.15, -0.1) is 11.3 Å². The van der Waals surface area contributed by atoms with E-state index in [0.29, 0.717) is 5.41 Å². The van der Waals surface area contributed by atoms with Crippen LogP contribution >= 0.6 is 11.3 Å². The summed E-state index contributed by atoms with van der Waals surface area (Å²) in [5, 5.41) is 12.3. The first-order chi connectivity index (χ1) is 9.18. The highest BCUT2D eigenvalue weighted by molar-refractivity contribution is 7.09. The molecule has 1 aromatic heterocycles. The second-order valence-electron chi connectivity index (χ2n) is 7.12. The number of nitrogens with zero attached hydrogens (tertiary/aromatic N) is 2. The van der Waals surface area contributed by atoms with Crippen molar-refractivity contribution in [3.8, 4) is 6.07 Å². The van der Waals surface area contributed by atoms with Gasteiger partial charge in [-0.05, 0) is 63.2 Å². The number of thiazole rings is 1. The Balaban J connectivity index is 1.68. The van der Waals surface area contributed by atoms with Gasteiger partial charge in [-0.25, -0.2) is 4.98 Å². The third-order valence-electron chi connectivity index (χ3n) is 5.67. The Morgan fingerprint density at radius 3 is 2.37 bits per heavy atom. The van der Waals surface area contributed by atoms with Crippen LogP contribution in [0.2, 0.25) is 0 Å². The fourth-order valence-electron chi connectivity index (χ4n) is 5.21. The predicted octanol–water partition coefficient (Wildman–Crippen LogP) is 4.24. The molecule has 4 bridgehead atoms. The second-order valence-corrected chi connectivity index (χ2v) is 8.01. The van der Waals surface area contributed by atoms with E-state index in [1.54, 1.807) is 11.3 Å². The van der Waals surface area contributed by atoms with Gasteiger partial charge in [0.1, 0.15) is 5.01 Å². The van der Waals surface area contributed by atoms with Crippen molar-refractivity contribution in [2.24, 2.45) is 17.8 Å². The van der Waals surface area contributed by atoms with E-state index in [1.165, 1.54) is 44.2 Å². The van der Waals surface area contributed by atoms with Gasteiger partial charge in [0.15, 0.2) is 0 Å². The van der Waals surface area contributed by atoms with Crippen LogP contribution in [0.25, 0.3) is 0 Å². The molecule has 1 heterocycles. The lowest BCUT2D eigenvalue weighted by Crippen LogP contribution is -2.48. The minimum atomic E-state index is -0.0485. The molecule has 2 nitrogen and oxygen atoms in total. The summed E-state index contributed by atoms with van der Waals surface area (Å²) in [6.45, 7) is 1.96. The van der Waals surface area contributed by atoms with Gasteiger partial charge in [-0.2, -0.15) is 5.26 Å². The van der Waals surface area contributed by atoms with Gasteiger partial charge in [0.05, 0.1) is 17.7 Å². The molecule has 1 atom stereocenters. The molecule has 0 saturated heterocycles. The second kappa shape index (κ2) is 4.06. The minimum absolute atomic E-state index is 0.0485. The van der Waals surface area contributed by atoms with Crippen LogP contribution < -0.4 is 0 Å². The fourth-order valence-corrected chi connectivity index (χ4v) is 6.15. The number of nitriles is 1. The van der Waals surface area contributed by atoms with Gasteiger partial charge in [-0.3, -0.25) is 0 Å². The van der Waals surface area contributed by atoms with Crippen molar-refractivity contribution in [3.63, 3.8) is 0 Å². The largest absolute Gasteiger partial charge is 0.244 e. The highest BCUT2D eigenvalue weighted by atomic mass is 32.1. The highest BCUT2D eigenvalue weighted by Gasteiger charge is 2.52. The quantitative estimate of drug-likeness (QED) is 0.807. The molecule has 4 saturated carbocycles. The van der Waals surface area contributed by atoms with Crippen LogP contribution in [0.5, 0.6) is 0 Å². The van der Waals surface area contributed by atoms with Crippen LogP contribution in [0.15, 0.2) is 5.38 Å². The summed E-state index contributed by atoms with van der Waals surface area (Å²) in [4.78, 5) is 4.87. The zero-order chi connectivity index (χ0) is 13.0. The van der Waals surface area contributed by atoms with Gasteiger partial charge in [0.2, 0.25) is 0 Å². The molecule has 0 amide bonds. The molecule has 3 heteroatoms. The summed E-state index contributed by atoms with van der Waals surface area (Å²) in [7, 11) is 0. The summed E-state index contributed by atoms with van der Waals surface area (Å²) in [5.74, 6) is 2.84. The number of hydrogen-bond donors (Lipinski definition) is 0. The summed E-state index contributed by atoms with van der Waals surface area (Å²) < 4.78 is 0. The summed E-state index contributed by atoms with van der Waals surface area (Å²) >= 11 is 1.70. The maximum Gasteiger partial charge on any atom is 0.110 e. The third kappa shape index (κ3) is 1.76. The Morgan fingerprint density at radius 1 is 1.26 bits per heavy atom. The first-order valence-electron chi connectivity index (χ1n) is 7.54. The van der Waals surface area contributed by atoms with Crippen LogP contribution in [-0.4, -0.2) is 4.98 Å². The standard InChI is InChI=1S/C16H20N2S/c1-10(8-17)15-18-14(9-19-15)16-5-11-2-12(6-16)4-13(3-11)7-16/h9-13H,2-7H2,1H3. The Kier molecular flexibility index (Phi) is 2.54. The molecule has 0 spiro atoms. The van der Waals surface area contributed by atoms with Crippen molar-refractivity contribution in [1.29, 1.82) is 5.26 Å². The highest BCUT2D eigenvalue weighted by Crippen LogP contribution is 2.60. The van der Waals surface area contributed by atoms with Crippen molar-refractivity contribution < 1.29 is 0 Å². The van der Waals surface area contributed by atoms with Crippen LogP contribution in [0.3, 0.4) is 0 Å². The fraction of sp³-hybridized carbons (Fsp3) is 0.750. The van der Waals surface area contributed by atoms with Gasteiger partial charge < -0.3 is 0 Å². The summed E-state index contributed by atoms with van der Waals surface area (Å²) in [6.07, 6.45) is 8.52.